The SMILES string of the molecule is CN1CCC(C(N)CO)c2cccc(F)c21. The van der Waals surface area contributed by atoms with E-state index in [0.717, 1.165) is 18.5 Å². The second kappa shape index (κ2) is 4.39. The molecule has 3 N–H and O–H groups in total. The van der Waals surface area contributed by atoms with Gasteiger partial charge in [0.05, 0.1) is 12.3 Å². The number of rotatable bonds is 2. The van der Waals surface area contributed by atoms with Crippen LogP contribution in [0.15, 0.2) is 18.2 Å². The van der Waals surface area contributed by atoms with Crippen LogP contribution in [0.4, 0.5) is 10.1 Å². The van der Waals surface area contributed by atoms with Crippen molar-refractivity contribution >= 4 is 5.69 Å². The van der Waals surface area contributed by atoms with Gasteiger partial charge in [-0.3, -0.25) is 0 Å². The van der Waals surface area contributed by atoms with Gasteiger partial charge in [-0.25, -0.2) is 4.39 Å². The number of para-hydroxylation sites is 1. The Balaban J connectivity index is 2.44. The fourth-order valence-corrected chi connectivity index (χ4v) is 2.41. The number of fused-ring (bicyclic) bond motifs is 1. The van der Waals surface area contributed by atoms with E-state index in [1.807, 2.05) is 18.0 Å². The van der Waals surface area contributed by atoms with Crippen molar-refractivity contribution in [2.24, 2.45) is 5.73 Å². The Bertz CT molecular complexity index is 383. The van der Waals surface area contributed by atoms with Crippen LogP contribution in [0, 0.1) is 5.82 Å². The van der Waals surface area contributed by atoms with E-state index in [1.54, 1.807) is 6.07 Å². The molecule has 1 aliphatic heterocycles. The van der Waals surface area contributed by atoms with Crippen LogP contribution in [0.2, 0.25) is 0 Å². The van der Waals surface area contributed by atoms with Crippen molar-refractivity contribution in [1.82, 2.24) is 0 Å². The summed E-state index contributed by atoms with van der Waals surface area (Å²) >= 11 is 0. The Hall–Kier alpha value is -1.13. The molecular weight excluding hydrogens is 207 g/mol. The first-order chi connectivity index (χ1) is 7.65. The van der Waals surface area contributed by atoms with Crippen LogP contribution in [0.25, 0.3) is 0 Å². The van der Waals surface area contributed by atoms with Crippen molar-refractivity contribution in [1.29, 1.82) is 0 Å². The number of aliphatic hydroxyl groups excluding tert-OH is 1. The molecule has 0 aromatic heterocycles. The number of aliphatic hydroxyl groups is 1. The summed E-state index contributed by atoms with van der Waals surface area (Å²) < 4.78 is 13.7. The molecule has 1 aromatic rings. The molecule has 2 unspecified atom stereocenters. The molecule has 3 nitrogen and oxygen atoms in total. The topological polar surface area (TPSA) is 49.5 Å². The number of anilines is 1. The van der Waals surface area contributed by atoms with Gasteiger partial charge in [-0.2, -0.15) is 0 Å². The van der Waals surface area contributed by atoms with Crippen molar-refractivity contribution in [3.05, 3.63) is 29.6 Å². The van der Waals surface area contributed by atoms with E-state index >= 15 is 0 Å². The molecule has 1 aromatic carbocycles. The van der Waals surface area contributed by atoms with Gasteiger partial charge in [0.2, 0.25) is 0 Å². The average molecular weight is 224 g/mol. The Morgan fingerprint density at radius 3 is 3.06 bits per heavy atom. The quantitative estimate of drug-likeness (QED) is 0.790. The minimum absolute atomic E-state index is 0.0481. The molecule has 0 spiro atoms. The summed E-state index contributed by atoms with van der Waals surface area (Å²) in [5, 5.41) is 9.12. The van der Waals surface area contributed by atoms with Crippen molar-refractivity contribution in [3.63, 3.8) is 0 Å². The van der Waals surface area contributed by atoms with Gasteiger partial charge in [-0.1, -0.05) is 12.1 Å². The number of benzene rings is 1. The first-order valence-electron chi connectivity index (χ1n) is 5.51. The maximum Gasteiger partial charge on any atom is 0.146 e. The fraction of sp³-hybridized carbons (Fsp3) is 0.500. The van der Waals surface area contributed by atoms with E-state index in [2.05, 4.69) is 0 Å². The van der Waals surface area contributed by atoms with Crippen molar-refractivity contribution in [2.45, 2.75) is 18.4 Å². The number of halogens is 1. The van der Waals surface area contributed by atoms with E-state index in [4.69, 9.17) is 10.8 Å². The van der Waals surface area contributed by atoms with Crippen molar-refractivity contribution in [3.8, 4) is 0 Å². The van der Waals surface area contributed by atoms with Crippen LogP contribution < -0.4 is 10.6 Å². The lowest BCUT2D eigenvalue weighted by molar-refractivity contribution is 0.244. The maximum absolute atomic E-state index is 13.7. The number of nitrogens with zero attached hydrogens (tertiary/aromatic N) is 1. The lowest BCUT2D eigenvalue weighted by Crippen LogP contribution is -2.38. The standard InChI is InChI=1S/C12H17FN2O/c1-15-6-5-8(11(14)7-16)9-3-2-4-10(13)12(9)15/h2-4,8,11,16H,5-7,14H2,1H3. The molecule has 0 saturated carbocycles. The Morgan fingerprint density at radius 1 is 1.62 bits per heavy atom. The first kappa shape index (κ1) is 11.4. The molecule has 4 heteroatoms. The monoisotopic (exact) mass is 224 g/mol. The van der Waals surface area contributed by atoms with Crippen molar-refractivity contribution in [2.75, 3.05) is 25.1 Å². The maximum atomic E-state index is 13.7. The lowest BCUT2D eigenvalue weighted by atomic mass is 9.85. The summed E-state index contributed by atoms with van der Waals surface area (Å²) in [4.78, 5) is 1.91. The van der Waals surface area contributed by atoms with Crippen LogP contribution in [0.1, 0.15) is 17.9 Å². The second-order valence-corrected chi connectivity index (χ2v) is 4.34. The van der Waals surface area contributed by atoms with Crippen molar-refractivity contribution < 1.29 is 9.50 Å². The van der Waals surface area contributed by atoms with Crippen LogP contribution in [-0.4, -0.2) is 31.3 Å². The molecule has 2 rings (SSSR count). The Labute approximate surface area is 94.7 Å². The van der Waals surface area contributed by atoms with Crippen LogP contribution in [-0.2, 0) is 0 Å². The van der Waals surface area contributed by atoms with Gasteiger partial charge in [0.15, 0.2) is 0 Å². The average Bonchev–Trinajstić information content (AvgIpc) is 2.28. The van der Waals surface area contributed by atoms with Gasteiger partial charge < -0.3 is 15.7 Å². The summed E-state index contributed by atoms with van der Waals surface area (Å²) in [5.74, 6) is -0.165. The van der Waals surface area contributed by atoms with E-state index < -0.39 is 0 Å². The van der Waals surface area contributed by atoms with Gasteiger partial charge in [0, 0.05) is 25.6 Å². The largest absolute Gasteiger partial charge is 0.395 e. The molecule has 0 aliphatic carbocycles. The lowest BCUT2D eigenvalue weighted by Gasteiger charge is -2.35. The third-order valence-electron chi connectivity index (χ3n) is 3.30. The summed E-state index contributed by atoms with van der Waals surface area (Å²) in [6.07, 6.45) is 0.856. The predicted octanol–water partition coefficient (Wildman–Crippen LogP) is 1.07. The first-order valence-corrected chi connectivity index (χ1v) is 5.51. The molecule has 1 heterocycles. The summed E-state index contributed by atoms with van der Waals surface area (Å²) in [6, 6.07) is 4.75. The minimum Gasteiger partial charge on any atom is -0.395 e. The third kappa shape index (κ3) is 1.79. The summed E-state index contributed by atoms with van der Waals surface area (Å²) in [6.45, 7) is 0.705. The highest BCUT2D eigenvalue weighted by Crippen LogP contribution is 2.37. The second-order valence-electron chi connectivity index (χ2n) is 4.34. The van der Waals surface area contributed by atoms with Crippen LogP contribution in [0.3, 0.4) is 0 Å². The zero-order valence-electron chi connectivity index (χ0n) is 9.36. The van der Waals surface area contributed by atoms with Crippen LogP contribution >= 0.6 is 0 Å². The number of hydrogen-bond acceptors (Lipinski definition) is 3. The molecular formula is C12H17FN2O. The molecule has 88 valence electrons. The minimum atomic E-state index is -0.311. The molecule has 0 radical (unpaired) electrons. The summed E-state index contributed by atoms with van der Waals surface area (Å²) in [7, 11) is 1.88. The zero-order valence-corrected chi connectivity index (χ0v) is 9.36. The van der Waals surface area contributed by atoms with Gasteiger partial charge in [0.1, 0.15) is 5.82 Å². The molecule has 2 atom stereocenters. The normalized spacial score (nSPS) is 21.8. The Kier molecular flexibility index (Phi) is 3.12. The molecule has 0 fully saturated rings. The van der Waals surface area contributed by atoms with E-state index in [-0.39, 0.29) is 24.4 Å². The van der Waals surface area contributed by atoms with E-state index in [1.165, 1.54) is 6.07 Å². The Morgan fingerprint density at radius 2 is 2.38 bits per heavy atom. The molecule has 1 aliphatic rings. The predicted molar refractivity (Wildman–Crippen MR) is 62.1 cm³/mol. The highest BCUT2D eigenvalue weighted by atomic mass is 19.1. The number of nitrogens with two attached hydrogens (primary N) is 1. The van der Waals surface area contributed by atoms with Gasteiger partial charge in [0.25, 0.3) is 0 Å². The molecule has 0 bridgehead atoms. The highest BCUT2D eigenvalue weighted by Gasteiger charge is 2.29. The smallest absolute Gasteiger partial charge is 0.146 e. The van der Waals surface area contributed by atoms with E-state index in [9.17, 15) is 4.39 Å². The van der Waals surface area contributed by atoms with Crippen LogP contribution in [0.5, 0.6) is 0 Å². The molecule has 0 amide bonds. The number of hydrogen-bond donors (Lipinski definition) is 2. The zero-order chi connectivity index (χ0) is 11.7. The third-order valence-corrected chi connectivity index (χ3v) is 3.30. The van der Waals surface area contributed by atoms with Gasteiger partial charge in [-0.15, -0.1) is 0 Å². The molecule has 0 saturated heterocycles. The van der Waals surface area contributed by atoms with Gasteiger partial charge >= 0.3 is 0 Å². The van der Waals surface area contributed by atoms with Gasteiger partial charge in [-0.05, 0) is 18.1 Å². The fourth-order valence-electron chi connectivity index (χ4n) is 2.41. The van der Waals surface area contributed by atoms with E-state index in [0.29, 0.717) is 5.69 Å². The molecule has 16 heavy (non-hydrogen) atoms. The summed E-state index contributed by atoms with van der Waals surface area (Å²) in [5.41, 5.74) is 7.41. The highest BCUT2D eigenvalue weighted by molar-refractivity contribution is 5.58.